The maximum Gasteiger partial charge on any atom is 0.337 e. The second-order valence-corrected chi connectivity index (χ2v) is 10.5. The average molecular weight is 459 g/mol. The monoisotopic (exact) mass is 458 g/mol. The Kier molecular flexibility index (Phi) is 6.56. The molecule has 0 saturated carbocycles. The third kappa shape index (κ3) is 4.52. The van der Waals surface area contributed by atoms with E-state index >= 15 is 0 Å². The Morgan fingerprint density at radius 2 is 1.81 bits per heavy atom. The Morgan fingerprint density at radius 1 is 1.16 bits per heavy atom. The molecule has 0 N–H and O–H groups in total. The van der Waals surface area contributed by atoms with Gasteiger partial charge < -0.3 is 9.30 Å². The molecule has 2 aromatic carbocycles. The fourth-order valence-corrected chi connectivity index (χ4v) is 5.06. The zero-order valence-corrected chi connectivity index (χ0v) is 19.0. The number of benzene rings is 2. The first-order valence-corrected chi connectivity index (χ1v) is 11.8. The van der Waals surface area contributed by atoms with Gasteiger partial charge in [-0.2, -0.15) is 4.99 Å². The van der Waals surface area contributed by atoms with Crippen LogP contribution in [0, 0.1) is 0 Å². The summed E-state index contributed by atoms with van der Waals surface area (Å²) in [6.07, 6.45) is 1.69. The van der Waals surface area contributed by atoms with Gasteiger partial charge in [0.25, 0.3) is 5.91 Å². The number of allylic oxidation sites excluding steroid dienone is 1. The molecule has 0 radical (unpaired) electrons. The van der Waals surface area contributed by atoms with Crippen LogP contribution in [0.1, 0.15) is 34.6 Å². The quantitative estimate of drug-likeness (QED) is 0.416. The van der Waals surface area contributed by atoms with E-state index in [0.29, 0.717) is 16.9 Å². The van der Waals surface area contributed by atoms with Crippen molar-refractivity contribution < 1.29 is 22.7 Å². The minimum atomic E-state index is -3.42. The highest BCUT2D eigenvalue weighted by Crippen LogP contribution is 2.21. The average Bonchev–Trinajstić information content (AvgIpc) is 3.09. The van der Waals surface area contributed by atoms with Crippen LogP contribution in [0.3, 0.4) is 0 Å². The summed E-state index contributed by atoms with van der Waals surface area (Å²) < 4.78 is 31.9. The third-order valence-corrected chi connectivity index (χ3v) is 7.87. The summed E-state index contributed by atoms with van der Waals surface area (Å²) in [7, 11) is -2.10. The van der Waals surface area contributed by atoms with Crippen LogP contribution in [0.4, 0.5) is 0 Å². The molecule has 1 amide bonds. The lowest BCUT2D eigenvalue weighted by Gasteiger charge is -2.07. The molecule has 0 spiro atoms. The molecular weight excluding hydrogens is 436 g/mol. The summed E-state index contributed by atoms with van der Waals surface area (Å²) in [6.45, 7) is 7.39. The van der Waals surface area contributed by atoms with Gasteiger partial charge in [0.15, 0.2) is 14.6 Å². The highest BCUT2D eigenvalue weighted by molar-refractivity contribution is 7.92. The predicted molar refractivity (Wildman–Crippen MR) is 120 cm³/mol. The first-order chi connectivity index (χ1) is 14.7. The molecule has 9 heteroatoms. The van der Waals surface area contributed by atoms with Crippen molar-refractivity contribution >= 4 is 43.3 Å². The largest absolute Gasteiger partial charge is 0.465 e. The third-order valence-electron chi connectivity index (χ3n) is 4.66. The second-order valence-electron chi connectivity index (χ2n) is 6.99. The van der Waals surface area contributed by atoms with E-state index in [0.717, 1.165) is 10.2 Å². The Labute approximate surface area is 184 Å². The van der Waals surface area contributed by atoms with Crippen LogP contribution in [0.15, 0.2) is 65.0 Å². The number of ether oxygens (including phenoxy) is 1. The van der Waals surface area contributed by atoms with Gasteiger partial charge in [-0.1, -0.05) is 17.4 Å². The fourth-order valence-electron chi connectivity index (χ4n) is 2.92. The lowest BCUT2D eigenvalue weighted by molar-refractivity contribution is 0.0600. The highest BCUT2D eigenvalue weighted by atomic mass is 32.2. The number of rotatable bonds is 6. The van der Waals surface area contributed by atoms with Crippen LogP contribution in [0.25, 0.3) is 10.2 Å². The van der Waals surface area contributed by atoms with Gasteiger partial charge in [0.05, 0.1) is 33.0 Å². The molecule has 0 atom stereocenters. The van der Waals surface area contributed by atoms with E-state index < -0.39 is 27.0 Å². The number of nitrogens with zero attached hydrogens (tertiary/aromatic N) is 2. The van der Waals surface area contributed by atoms with Crippen molar-refractivity contribution in [1.82, 2.24) is 4.57 Å². The molecule has 0 aliphatic rings. The number of carbonyl (C=O) groups is 2. The van der Waals surface area contributed by atoms with Gasteiger partial charge in [-0.25, -0.2) is 13.2 Å². The number of fused-ring (bicyclic) bond motifs is 1. The number of hydrogen-bond donors (Lipinski definition) is 0. The summed E-state index contributed by atoms with van der Waals surface area (Å²) in [6, 6.07) is 10.9. The molecule has 162 valence electrons. The van der Waals surface area contributed by atoms with Crippen LogP contribution in [-0.2, 0) is 21.1 Å². The summed E-state index contributed by atoms with van der Waals surface area (Å²) in [5.74, 6) is -0.942. The molecule has 3 aromatic rings. The van der Waals surface area contributed by atoms with Crippen LogP contribution in [-0.4, -0.2) is 37.2 Å². The number of thiazole rings is 1. The molecule has 0 saturated heterocycles. The molecule has 7 nitrogen and oxygen atoms in total. The summed E-state index contributed by atoms with van der Waals surface area (Å²) in [5.41, 5.74) is 1.49. The van der Waals surface area contributed by atoms with Crippen molar-refractivity contribution in [3.05, 3.63) is 71.0 Å². The number of aromatic nitrogens is 1. The molecule has 1 aromatic heterocycles. The standard InChI is InChI=1S/C22H22N2O5S2/c1-5-12-24-18-11-8-16(21(26)29-4)13-19(18)30-22(24)23-20(25)15-6-9-17(10-7-15)31(27,28)14(2)3/h5-11,13-14H,1,12H2,2-4H3. The Morgan fingerprint density at radius 3 is 2.39 bits per heavy atom. The lowest BCUT2D eigenvalue weighted by Crippen LogP contribution is -2.16. The number of sulfone groups is 1. The van der Waals surface area contributed by atoms with Crippen molar-refractivity contribution in [1.29, 1.82) is 0 Å². The Bertz CT molecular complexity index is 1330. The van der Waals surface area contributed by atoms with Crippen LogP contribution in [0.2, 0.25) is 0 Å². The summed E-state index contributed by atoms with van der Waals surface area (Å²) >= 11 is 1.26. The van der Waals surface area contributed by atoms with Crippen molar-refractivity contribution in [3.8, 4) is 0 Å². The van der Waals surface area contributed by atoms with Crippen molar-refractivity contribution in [3.63, 3.8) is 0 Å². The maximum absolute atomic E-state index is 12.7. The minimum Gasteiger partial charge on any atom is -0.465 e. The minimum absolute atomic E-state index is 0.165. The van der Waals surface area contributed by atoms with E-state index in [4.69, 9.17) is 4.74 Å². The van der Waals surface area contributed by atoms with Gasteiger partial charge in [-0.05, 0) is 56.3 Å². The number of methoxy groups -OCH3 is 1. The van der Waals surface area contributed by atoms with Crippen LogP contribution in [0.5, 0.6) is 0 Å². The normalized spacial score (nSPS) is 12.3. The first kappa shape index (κ1) is 22.6. The highest BCUT2D eigenvalue weighted by Gasteiger charge is 2.19. The zero-order chi connectivity index (χ0) is 22.8. The van der Waals surface area contributed by atoms with Crippen LogP contribution < -0.4 is 4.80 Å². The second kappa shape index (κ2) is 8.99. The van der Waals surface area contributed by atoms with Gasteiger partial charge in [-0.15, -0.1) is 6.58 Å². The lowest BCUT2D eigenvalue weighted by atomic mass is 10.2. The van der Waals surface area contributed by atoms with Gasteiger partial charge in [0.2, 0.25) is 0 Å². The van der Waals surface area contributed by atoms with E-state index in [9.17, 15) is 18.0 Å². The summed E-state index contributed by atoms with van der Waals surface area (Å²) in [4.78, 5) is 29.4. The molecule has 3 rings (SSSR count). The van der Waals surface area contributed by atoms with Crippen molar-refractivity contribution in [2.24, 2.45) is 4.99 Å². The van der Waals surface area contributed by atoms with E-state index in [-0.39, 0.29) is 10.5 Å². The molecular formula is C22H22N2O5S2. The fraction of sp³-hybridized carbons (Fsp3) is 0.227. The van der Waals surface area contributed by atoms with E-state index in [1.165, 1.54) is 42.7 Å². The number of carbonyl (C=O) groups excluding carboxylic acids is 2. The van der Waals surface area contributed by atoms with Gasteiger partial charge in [0.1, 0.15) is 0 Å². The molecule has 1 heterocycles. The molecule has 0 aliphatic heterocycles. The SMILES string of the molecule is C=CCn1c(=NC(=O)c2ccc(S(=O)(=O)C(C)C)cc2)sc2cc(C(=O)OC)ccc21. The predicted octanol–water partition coefficient (Wildman–Crippen LogP) is 3.60. The Hall–Kier alpha value is -3.04. The number of amides is 1. The molecule has 0 fully saturated rings. The smallest absolute Gasteiger partial charge is 0.337 e. The van der Waals surface area contributed by atoms with Crippen molar-refractivity contribution in [2.45, 2.75) is 30.5 Å². The van der Waals surface area contributed by atoms with Gasteiger partial charge >= 0.3 is 5.97 Å². The number of esters is 1. The molecule has 0 aliphatic carbocycles. The zero-order valence-electron chi connectivity index (χ0n) is 17.4. The van der Waals surface area contributed by atoms with Crippen molar-refractivity contribution in [2.75, 3.05) is 7.11 Å². The van der Waals surface area contributed by atoms with Gasteiger partial charge in [-0.3, -0.25) is 4.79 Å². The maximum atomic E-state index is 12.7. The number of hydrogen-bond acceptors (Lipinski definition) is 6. The topological polar surface area (TPSA) is 94.8 Å². The summed E-state index contributed by atoms with van der Waals surface area (Å²) in [5, 5.41) is -0.551. The van der Waals surface area contributed by atoms with E-state index in [1.54, 1.807) is 38.1 Å². The van der Waals surface area contributed by atoms with Crippen LogP contribution >= 0.6 is 11.3 Å². The molecule has 0 unspecified atom stereocenters. The Balaban J connectivity index is 2.04. The first-order valence-electron chi connectivity index (χ1n) is 9.44. The molecule has 0 bridgehead atoms. The van der Waals surface area contributed by atoms with E-state index in [1.807, 2.05) is 4.57 Å². The molecule has 31 heavy (non-hydrogen) atoms. The van der Waals surface area contributed by atoms with Gasteiger partial charge in [0, 0.05) is 12.1 Å². The van der Waals surface area contributed by atoms with E-state index in [2.05, 4.69) is 11.6 Å².